The molecule has 0 saturated heterocycles. The van der Waals surface area contributed by atoms with Gasteiger partial charge in [-0.25, -0.2) is 0 Å². The number of benzene rings is 1. The van der Waals surface area contributed by atoms with Crippen LogP contribution in [-0.2, 0) is 6.54 Å². The molecule has 1 rings (SSSR count). The Bertz CT molecular complexity index is 363. The van der Waals surface area contributed by atoms with Crippen LogP contribution in [0.2, 0.25) is 0 Å². The summed E-state index contributed by atoms with van der Waals surface area (Å²) in [6, 6.07) is 8.74. The van der Waals surface area contributed by atoms with E-state index in [1.165, 1.54) is 16.7 Å². The van der Waals surface area contributed by atoms with Crippen LogP contribution in [0, 0.1) is 25.2 Å². The fourth-order valence-electron chi connectivity index (χ4n) is 1.60. The second-order valence-electron chi connectivity index (χ2n) is 4.21. The van der Waals surface area contributed by atoms with Crippen molar-refractivity contribution >= 4 is 0 Å². The Morgan fingerprint density at radius 2 is 2.00 bits per heavy atom. The summed E-state index contributed by atoms with van der Waals surface area (Å²) in [7, 11) is 0. The van der Waals surface area contributed by atoms with Gasteiger partial charge in [-0.1, -0.05) is 18.2 Å². The van der Waals surface area contributed by atoms with E-state index in [0.29, 0.717) is 6.42 Å². The molecule has 0 unspecified atom stereocenters. The van der Waals surface area contributed by atoms with Gasteiger partial charge in [-0.3, -0.25) is 0 Å². The average molecular weight is 216 g/mol. The highest BCUT2D eigenvalue weighted by Crippen LogP contribution is 2.09. The smallest absolute Gasteiger partial charge is 0.0621 e. The highest BCUT2D eigenvalue weighted by atomic mass is 14.8. The van der Waals surface area contributed by atoms with E-state index in [2.05, 4.69) is 43.4 Å². The fourth-order valence-corrected chi connectivity index (χ4v) is 1.60. The molecule has 2 nitrogen and oxygen atoms in total. The molecule has 16 heavy (non-hydrogen) atoms. The number of nitrogens with one attached hydrogen (secondary N) is 1. The van der Waals surface area contributed by atoms with Crippen molar-refractivity contribution in [3.8, 4) is 6.07 Å². The minimum absolute atomic E-state index is 0.672. The third-order valence-corrected chi connectivity index (χ3v) is 2.79. The second-order valence-corrected chi connectivity index (χ2v) is 4.21. The van der Waals surface area contributed by atoms with Gasteiger partial charge in [0.1, 0.15) is 0 Å². The van der Waals surface area contributed by atoms with Crippen LogP contribution in [0.5, 0.6) is 0 Å². The summed E-state index contributed by atoms with van der Waals surface area (Å²) < 4.78 is 0. The third kappa shape index (κ3) is 4.46. The minimum atomic E-state index is 0.672. The summed E-state index contributed by atoms with van der Waals surface area (Å²) in [6.07, 6.45) is 2.75. The topological polar surface area (TPSA) is 35.8 Å². The van der Waals surface area contributed by atoms with E-state index in [1.807, 2.05) is 0 Å². The molecule has 0 bridgehead atoms. The molecule has 0 radical (unpaired) electrons. The largest absolute Gasteiger partial charge is 0.313 e. The first-order valence-electron chi connectivity index (χ1n) is 5.88. The lowest BCUT2D eigenvalue weighted by molar-refractivity contribution is 0.628. The van der Waals surface area contributed by atoms with E-state index >= 15 is 0 Å². The summed E-state index contributed by atoms with van der Waals surface area (Å²) in [6.45, 7) is 6.20. The molecule has 0 aliphatic rings. The lowest BCUT2D eigenvalue weighted by Crippen LogP contribution is -2.14. The second kappa shape index (κ2) is 7.03. The van der Waals surface area contributed by atoms with E-state index < -0.39 is 0 Å². The van der Waals surface area contributed by atoms with Gasteiger partial charge in [-0.05, 0) is 49.9 Å². The highest BCUT2D eigenvalue weighted by molar-refractivity contribution is 5.29. The van der Waals surface area contributed by atoms with Gasteiger partial charge >= 0.3 is 0 Å². The molecule has 0 aromatic heterocycles. The predicted octanol–water partition coefficient (Wildman–Crippen LogP) is 3.09. The number of nitriles is 1. The SMILES string of the molecule is Cc1ccc(CNCCCCC#N)cc1C. The maximum Gasteiger partial charge on any atom is 0.0621 e. The maximum atomic E-state index is 8.39. The van der Waals surface area contributed by atoms with Crippen LogP contribution in [0.1, 0.15) is 36.0 Å². The zero-order valence-electron chi connectivity index (χ0n) is 10.2. The number of hydrogen-bond donors (Lipinski definition) is 1. The Morgan fingerprint density at radius 1 is 1.19 bits per heavy atom. The van der Waals surface area contributed by atoms with Crippen molar-refractivity contribution in [2.24, 2.45) is 0 Å². The molecule has 0 atom stereocenters. The molecule has 0 amide bonds. The van der Waals surface area contributed by atoms with Crippen LogP contribution in [0.4, 0.5) is 0 Å². The molecule has 0 saturated carbocycles. The van der Waals surface area contributed by atoms with Gasteiger partial charge in [0.15, 0.2) is 0 Å². The molecule has 86 valence electrons. The zero-order chi connectivity index (χ0) is 11.8. The number of nitrogens with zero attached hydrogens (tertiary/aromatic N) is 1. The summed E-state index contributed by atoms with van der Waals surface area (Å²) in [4.78, 5) is 0. The Morgan fingerprint density at radius 3 is 2.69 bits per heavy atom. The van der Waals surface area contributed by atoms with Gasteiger partial charge in [0.25, 0.3) is 0 Å². The van der Waals surface area contributed by atoms with Crippen molar-refractivity contribution in [1.82, 2.24) is 5.32 Å². The number of hydrogen-bond acceptors (Lipinski definition) is 2. The molecular weight excluding hydrogens is 196 g/mol. The monoisotopic (exact) mass is 216 g/mol. The van der Waals surface area contributed by atoms with Crippen LogP contribution in [0.3, 0.4) is 0 Å². The first kappa shape index (κ1) is 12.7. The predicted molar refractivity (Wildman–Crippen MR) is 67.1 cm³/mol. The van der Waals surface area contributed by atoms with Crippen LogP contribution < -0.4 is 5.32 Å². The molecular formula is C14H20N2. The van der Waals surface area contributed by atoms with Gasteiger partial charge in [-0.15, -0.1) is 0 Å². The third-order valence-electron chi connectivity index (χ3n) is 2.79. The van der Waals surface area contributed by atoms with Crippen molar-refractivity contribution in [2.45, 2.75) is 39.7 Å². The van der Waals surface area contributed by atoms with E-state index in [4.69, 9.17) is 5.26 Å². The van der Waals surface area contributed by atoms with E-state index in [1.54, 1.807) is 0 Å². The Labute approximate surface area is 98.3 Å². The normalized spacial score (nSPS) is 10.1. The van der Waals surface area contributed by atoms with Crippen molar-refractivity contribution in [1.29, 1.82) is 5.26 Å². The van der Waals surface area contributed by atoms with E-state index in [9.17, 15) is 0 Å². The Balaban J connectivity index is 2.22. The summed E-state index contributed by atoms with van der Waals surface area (Å²) in [5.74, 6) is 0. The molecule has 0 heterocycles. The van der Waals surface area contributed by atoms with Crippen LogP contribution in [0.15, 0.2) is 18.2 Å². The average Bonchev–Trinajstić information content (AvgIpc) is 2.28. The quantitative estimate of drug-likeness (QED) is 0.742. The fraction of sp³-hybridized carbons (Fsp3) is 0.500. The van der Waals surface area contributed by atoms with Crippen molar-refractivity contribution in [3.05, 3.63) is 34.9 Å². The Kier molecular flexibility index (Phi) is 5.60. The molecule has 1 N–H and O–H groups in total. The molecule has 0 aliphatic carbocycles. The minimum Gasteiger partial charge on any atom is -0.313 e. The standard InChI is InChI=1S/C14H20N2/c1-12-6-7-14(10-13(12)2)11-16-9-5-3-4-8-15/h6-7,10,16H,3-5,9,11H2,1-2H3. The van der Waals surface area contributed by atoms with Crippen molar-refractivity contribution in [2.75, 3.05) is 6.54 Å². The first-order chi connectivity index (χ1) is 7.74. The van der Waals surface area contributed by atoms with Gasteiger partial charge in [-0.2, -0.15) is 5.26 Å². The van der Waals surface area contributed by atoms with E-state index in [-0.39, 0.29) is 0 Å². The van der Waals surface area contributed by atoms with E-state index in [0.717, 1.165) is 25.9 Å². The van der Waals surface area contributed by atoms with Gasteiger partial charge < -0.3 is 5.32 Å². The number of aryl methyl sites for hydroxylation is 2. The molecule has 1 aromatic rings. The van der Waals surface area contributed by atoms with Crippen molar-refractivity contribution in [3.63, 3.8) is 0 Å². The molecule has 0 aliphatic heterocycles. The first-order valence-corrected chi connectivity index (χ1v) is 5.88. The van der Waals surface area contributed by atoms with Crippen LogP contribution >= 0.6 is 0 Å². The molecule has 2 heteroatoms. The van der Waals surface area contributed by atoms with Crippen LogP contribution in [-0.4, -0.2) is 6.54 Å². The summed E-state index contributed by atoms with van der Waals surface area (Å²) >= 11 is 0. The zero-order valence-corrected chi connectivity index (χ0v) is 10.2. The van der Waals surface area contributed by atoms with Crippen molar-refractivity contribution < 1.29 is 0 Å². The van der Waals surface area contributed by atoms with Crippen LogP contribution in [0.25, 0.3) is 0 Å². The van der Waals surface area contributed by atoms with Gasteiger partial charge in [0, 0.05) is 13.0 Å². The highest BCUT2D eigenvalue weighted by Gasteiger charge is 1.96. The number of unbranched alkanes of at least 4 members (excludes halogenated alkanes) is 2. The summed E-state index contributed by atoms with van der Waals surface area (Å²) in [5, 5.41) is 11.8. The maximum absolute atomic E-state index is 8.39. The van der Waals surface area contributed by atoms with Gasteiger partial charge in [0.05, 0.1) is 6.07 Å². The Hall–Kier alpha value is -1.33. The molecule has 1 aromatic carbocycles. The number of rotatable bonds is 6. The summed E-state index contributed by atoms with van der Waals surface area (Å²) in [5.41, 5.74) is 4.03. The van der Waals surface area contributed by atoms with Gasteiger partial charge in [0.2, 0.25) is 0 Å². The lowest BCUT2D eigenvalue weighted by atomic mass is 10.1. The lowest BCUT2D eigenvalue weighted by Gasteiger charge is -2.06. The molecule has 0 spiro atoms. The molecule has 0 fully saturated rings.